The second kappa shape index (κ2) is 14.3. The van der Waals surface area contributed by atoms with Crippen molar-refractivity contribution in [2.45, 2.75) is 12.3 Å². The molecule has 5 nitrogen and oxygen atoms in total. The standard InChI is InChI=1S/C52H39N5/c1-35(41-30-42(34-54-33-41)38-16-12-15-37(29-38)36-13-4-2-5-14-36)27-28-55-52(53)57-49-22-11-9-20-45(49)47-32-40(24-26-51(47)57)39-23-25-50-46(31-39)44-19-8-10-21-48(44)56(50)43-17-6-3-7-18-43/h2-23,25-34,40H,1,24H2,(H2,53,55)/b28-27-. The Morgan fingerprint density at radius 3 is 2.16 bits per heavy atom. The van der Waals surface area contributed by atoms with Gasteiger partial charge in [-0.2, -0.15) is 0 Å². The van der Waals surface area contributed by atoms with E-state index in [1.54, 1.807) is 6.20 Å². The van der Waals surface area contributed by atoms with Gasteiger partial charge in [-0.3, -0.25) is 9.55 Å². The molecule has 1 aliphatic carbocycles. The Kier molecular flexibility index (Phi) is 8.53. The van der Waals surface area contributed by atoms with Crippen LogP contribution in [-0.2, 0) is 0 Å². The fraction of sp³-hybridized carbons (Fsp3) is 0.0385. The number of aromatic nitrogens is 3. The van der Waals surface area contributed by atoms with E-state index in [0.717, 1.165) is 56.2 Å². The molecule has 0 saturated carbocycles. The van der Waals surface area contributed by atoms with Crippen LogP contribution in [0.1, 0.15) is 23.5 Å². The Morgan fingerprint density at radius 1 is 0.649 bits per heavy atom. The van der Waals surface area contributed by atoms with Crippen LogP contribution in [0.15, 0.2) is 194 Å². The molecule has 1 aliphatic rings. The number of nitrogens with two attached hydrogens (primary N) is 1. The highest BCUT2D eigenvalue weighted by molar-refractivity contribution is 6.09. The molecule has 6 aromatic carbocycles. The van der Waals surface area contributed by atoms with Gasteiger partial charge in [-0.15, -0.1) is 0 Å². The molecule has 0 amide bonds. The zero-order chi connectivity index (χ0) is 38.3. The van der Waals surface area contributed by atoms with Gasteiger partial charge in [0.05, 0.1) is 21.9 Å². The molecule has 1 atom stereocenters. The Morgan fingerprint density at radius 2 is 1.33 bits per heavy atom. The molecule has 5 heteroatoms. The number of benzene rings is 6. The molecular weight excluding hydrogens is 695 g/mol. The van der Waals surface area contributed by atoms with Crippen LogP contribution in [0.3, 0.4) is 0 Å². The molecule has 3 aromatic heterocycles. The first-order chi connectivity index (χ1) is 28.1. The zero-order valence-electron chi connectivity index (χ0n) is 31.3. The van der Waals surface area contributed by atoms with Gasteiger partial charge in [0, 0.05) is 62.7 Å². The van der Waals surface area contributed by atoms with Crippen molar-refractivity contribution in [1.29, 1.82) is 0 Å². The van der Waals surface area contributed by atoms with Gasteiger partial charge >= 0.3 is 0 Å². The number of nitrogens with zero attached hydrogens (tertiary/aromatic N) is 4. The van der Waals surface area contributed by atoms with Crippen LogP contribution in [0.25, 0.3) is 78.4 Å². The lowest BCUT2D eigenvalue weighted by Gasteiger charge is -2.15. The molecule has 1 unspecified atom stereocenters. The van der Waals surface area contributed by atoms with Crippen molar-refractivity contribution in [3.05, 3.63) is 211 Å². The first kappa shape index (κ1) is 34.0. The molecular formula is C52H39N5. The summed E-state index contributed by atoms with van der Waals surface area (Å²) in [6.07, 6.45) is 12.9. The van der Waals surface area contributed by atoms with Crippen LogP contribution in [0.5, 0.6) is 0 Å². The average molecular weight is 734 g/mol. The van der Waals surface area contributed by atoms with Crippen LogP contribution in [-0.4, -0.2) is 20.1 Å². The summed E-state index contributed by atoms with van der Waals surface area (Å²) >= 11 is 0. The van der Waals surface area contributed by atoms with Crippen molar-refractivity contribution in [1.82, 2.24) is 14.1 Å². The number of para-hydroxylation sites is 3. The summed E-state index contributed by atoms with van der Waals surface area (Å²) in [6, 6.07) is 55.7. The maximum absolute atomic E-state index is 6.81. The third kappa shape index (κ3) is 6.16. The van der Waals surface area contributed by atoms with E-state index < -0.39 is 0 Å². The zero-order valence-corrected chi connectivity index (χ0v) is 31.3. The molecule has 57 heavy (non-hydrogen) atoms. The summed E-state index contributed by atoms with van der Waals surface area (Å²) in [5, 5.41) is 5.92. The lowest BCUT2D eigenvalue weighted by Crippen LogP contribution is -2.38. The predicted octanol–water partition coefficient (Wildman–Crippen LogP) is 10.6. The van der Waals surface area contributed by atoms with Crippen molar-refractivity contribution < 1.29 is 0 Å². The van der Waals surface area contributed by atoms with E-state index in [1.165, 1.54) is 38.2 Å². The monoisotopic (exact) mass is 733 g/mol. The fourth-order valence-electron chi connectivity index (χ4n) is 8.36. The Balaban J connectivity index is 0.954. The summed E-state index contributed by atoms with van der Waals surface area (Å²) < 4.78 is 4.44. The summed E-state index contributed by atoms with van der Waals surface area (Å²) in [4.78, 5) is 9.30. The van der Waals surface area contributed by atoms with Crippen LogP contribution in [0.2, 0.25) is 0 Å². The van der Waals surface area contributed by atoms with Gasteiger partial charge in [0.25, 0.3) is 0 Å². The summed E-state index contributed by atoms with van der Waals surface area (Å²) in [5.74, 6) is 0.617. The van der Waals surface area contributed by atoms with E-state index in [2.05, 4.69) is 185 Å². The van der Waals surface area contributed by atoms with Crippen LogP contribution < -0.4 is 16.3 Å². The average Bonchev–Trinajstić information content (AvgIpc) is 3.79. The van der Waals surface area contributed by atoms with Gasteiger partial charge < -0.3 is 10.3 Å². The van der Waals surface area contributed by atoms with Crippen molar-refractivity contribution in [3.63, 3.8) is 0 Å². The second-order valence-electron chi connectivity index (χ2n) is 14.6. The minimum atomic E-state index is 0.214. The van der Waals surface area contributed by atoms with Crippen LogP contribution in [0, 0.1) is 0 Å². The van der Waals surface area contributed by atoms with Gasteiger partial charge in [0.2, 0.25) is 5.96 Å². The van der Waals surface area contributed by atoms with Gasteiger partial charge in [0.15, 0.2) is 0 Å². The van der Waals surface area contributed by atoms with E-state index in [0.29, 0.717) is 5.96 Å². The summed E-state index contributed by atoms with van der Waals surface area (Å²) in [5.41, 5.74) is 18.9. The van der Waals surface area contributed by atoms with Gasteiger partial charge in [-0.05, 0) is 88.9 Å². The minimum absolute atomic E-state index is 0.214. The Bertz CT molecular complexity index is 3180. The summed E-state index contributed by atoms with van der Waals surface area (Å²) in [7, 11) is 0. The molecule has 0 radical (unpaired) electrons. The topological polar surface area (TPSA) is 61.1 Å². The lowest BCUT2D eigenvalue weighted by atomic mass is 9.90. The molecule has 2 N–H and O–H groups in total. The van der Waals surface area contributed by atoms with Crippen molar-refractivity contribution in [3.8, 4) is 27.9 Å². The number of rotatable bonds is 7. The Hall–Kier alpha value is -7.50. The number of hydrogen-bond donors (Lipinski definition) is 1. The third-order valence-electron chi connectivity index (χ3n) is 11.1. The maximum Gasteiger partial charge on any atom is 0.205 e. The molecule has 3 heterocycles. The molecule has 0 fully saturated rings. The first-order valence-electron chi connectivity index (χ1n) is 19.3. The molecule has 0 aliphatic heterocycles. The molecule has 0 bridgehead atoms. The van der Waals surface area contributed by atoms with E-state index in [4.69, 9.17) is 10.7 Å². The molecule has 10 rings (SSSR count). The minimum Gasteiger partial charge on any atom is -0.369 e. The first-order valence-corrected chi connectivity index (χ1v) is 19.3. The number of allylic oxidation sites excluding steroid dienone is 2. The quantitative estimate of drug-likeness (QED) is 0.101. The highest BCUT2D eigenvalue weighted by Crippen LogP contribution is 2.35. The predicted molar refractivity (Wildman–Crippen MR) is 239 cm³/mol. The fourth-order valence-corrected chi connectivity index (χ4v) is 8.36. The normalized spacial score (nSPS) is 14.2. The highest BCUT2D eigenvalue weighted by atomic mass is 15.1. The van der Waals surface area contributed by atoms with E-state index in [9.17, 15) is 0 Å². The molecule has 0 spiro atoms. The number of fused-ring (bicyclic) bond motifs is 6. The van der Waals surface area contributed by atoms with Crippen molar-refractivity contribution in [2.75, 3.05) is 0 Å². The van der Waals surface area contributed by atoms with Crippen molar-refractivity contribution in [2.24, 2.45) is 10.7 Å². The SMILES string of the molecule is C=C(/C=C\N=C(/N)n1c2c(c3ccccc31)=CC(c1ccc3c(c1)c1ccccc1n3-c1ccccc1)CC=2)c1cncc(-c2cccc(-c3ccccc3)c2)c1. The van der Waals surface area contributed by atoms with E-state index >= 15 is 0 Å². The Labute approximate surface area is 331 Å². The van der Waals surface area contributed by atoms with Gasteiger partial charge in [0.1, 0.15) is 0 Å². The van der Waals surface area contributed by atoms with E-state index in [1.807, 2.05) is 24.5 Å². The second-order valence-corrected chi connectivity index (χ2v) is 14.6. The summed E-state index contributed by atoms with van der Waals surface area (Å²) in [6.45, 7) is 4.34. The number of aliphatic imine (C=N–C) groups is 1. The van der Waals surface area contributed by atoms with Gasteiger partial charge in [-0.1, -0.05) is 128 Å². The van der Waals surface area contributed by atoms with Crippen LogP contribution in [0.4, 0.5) is 0 Å². The smallest absolute Gasteiger partial charge is 0.205 e. The lowest BCUT2D eigenvalue weighted by molar-refractivity contribution is 0.913. The number of hydrogen-bond acceptors (Lipinski definition) is 2. The van der Waals surface area contributed by atoms with Crippen molar-refractivity contribution >= 4 is 56.4 Å². The third-order valence-corrected chi connectivity index (χ3v) is 11.1. The van der Waals surface area contributed by atoms with E-state index in [-0.39, 0.29) is 5.92 Å². The van der Waals surface area contributed by atoms with Gasteiger partial charge in [-0.25, -0.2) is 4.99 Å². The maximum atomic E-state index is 6.81. The highest BCUT2D eigenvalue weighted by Gasteiger charge is 2.19. The number of pyridine rings is 1. The molecule has 9 aromatic rings. The molecule has 0 saturated heterocycles. The molecule has 272 valence electrons. The largest absolute Gasteiger partial charge is 0.369 e. The van der Waals surface area contributed by atoms with Crippen LogP contribution >= 0.6 is 0 Å².